The van der Waals surface area contributed by atoms with Gasteiger partial charge in [0, 0.05) is 24.2 Å². The number of hydrogen-bond acceptors (Lipinski definition) is 3. The Morgan fingerprint density at radius 1 is 1.40 bits per heavy atom. The second-order valence-corrected chi connectivity index (χ2v) is 4.97. The Kier molecular flexibility index (Phi) is 7.24. The van der Waals surface area contributed by atoms with Gasteiger partial charge in [0.25, 0.3) is 0 Å². The molecule has 4 heteroatoms. The maximum atomic E-state index is 13.9. The summed E-state index contributed by atoms with van der Waals surface area (Å²) in [5.41, 5.74) is 6.61. The molecule has 1 aromatic carbocycles. The highest BCUT2D eigenvalue weighted by Crippen LogP contribution is 2.12. The molecule has 110 valence electrons. The van der Waals surface area contributed by atoms with E-state index in [4.69, 9.17) is 10.5 Å². The van der Waals surface area contributed by atoms with Gasteiger partial charge in [-0.05, 0) is 33.0 Å². The van der Waals surface area contributed by atoms with Gasteiger partial charge in [-0.2, -0.15) is 0 Å². The van der Waals surface area contributed by atoms with Gasteiger partial charge in [-0.25, -0.2) is 4.39 Å². The minimum Gasteiger partial charge on any atom is -0.377 e. The van der Waals surface area contributed by atoms with E-state index < -0.39 is 0 Å². The van der Waals surface area contributed by atoms with Gasteiger partial charge in [0.05, 0.1) is 19.3 Å². The van der Waals surface area contributed by atoms with Gasteiger partial charge in [-0.1, -0.05) is 17.9 Å². The van der Waals surface area contributed by atoms with Crippen molar-refractivity contribution in [2.24, 2.45) is 5.73 Å². The summed E-state index contributed by atoms with van der Waals surface area (Å²) < 4.78 is 19.4. The summed E-state index contributed by atoms with van der Waals surface area (Å²) in [7, 11) is 1.95. The van der Waals surface area contributed by atoms with Crippen molar-refractivity contribution in [3.8, 4) is 11.8 Å². The van der Waals surface area contributed by atoms with Gasteiger partial charge < -0.3 is 10.5 Å². The van der Waals surface area contributed by atoms with Gasteiger partial charge in [0.1, 0.15) is 5.82 Å². The van der Waals surface area contributed by atoms with Crippen LogP contribution in [0.3, 0.4) is 0 Å². The van der Waals surface area contributed by atoms with Crippen LogP contribution < -0.4 is 5.73 Å². The monoisotopic (exact) mass is 278 g/mol. The van der Waals surface area contributed by atoms with Crippen LogP contribution in [0.5, 0.6) is 0 Å². The summed E-state index contributed by atoms with van der Waals surface area (Å²) in [6.45, 7) is 6.25. The molecular formula is C16H23FN2O. The molecule has 0 spiro atoms. The zero-order valence-corrected chi connectivity index (χ0v) is 12.4. The number of benzene rings is 1. The largest absolute Gasteiger partial charge is 0.377 e. The van der Waals surface area contributed by atoms with E-state index in [9.17, 15) is 4.39 Å². The lowest BCUT2D eigenvalue weighted by atomic mass is 10.1. The first-order valence-corrected chi connectivity index (χ1v) is 6.80. The summed E-state index contributed by atoms with van der Waals surface area (Å²) in [5, 5.41) is 0. The zero-order chi connectivity index (χ0) is 15.0. The fourth-order valence-corrected chi connectivity index (χ4v) is 1.72. The Hall–Kier alpha value is -1.41. The number of likely N-dealkylation sites (N-methyl/N-ethyl adjacent to an activating group) is 1. The lowest BCUT2D eigenvalue weighted by Crippen LogP contribution is -2.24. The Bertz CT molecular complexity index is 477. The van der Waals surface area contributed by atoms with E-state index in [1.807, 2.05) is 31.9 Å². The SMILES string of the molecule is CC(C)OCCN(C)Cc1ccc(C#CCN)cc1F. The van der Waals surface area contributed by atoms with Crippen molar-refractivity contribution in [2.75, 3.05) is 26.7 Å². The Morgan fingerprint density at radius 3 is 2.75 bits per heavy atom. The van der Waals surface area contributed by atoms with Crippen LogP contribution in [0.2, 0.25) is 0 Å². The van der Waals surface area contributed by atoms with Crippen LogP contribution in [0.4, 0.5) is 4.39 Å². The van der Waals surface area contributed by atoms with Crippen molar-refractivity contribution in [2.45, 2.75) is 26.5 Å². The van der Waals surface area contributed by atoms with Crippen molar-refractivity contribution in [3.63, 3.8) is 0 Å². The summed E-state index contributed by atoms with van der Waals surface area (Å²) in [5.74, 6) is 5.31. The van der Waals surface area contributed by atoms with E-state index in [-0.39, 0.29) is 18.5 Å². The predicted octanol–water partition coefficient (Wildman–Crippen LogP) is 1.99. The molecule has 0 aliphatic heterocycles. The number of nitrogens with zero attached hydrogens (tertiary/aromatic N) is 1. The number of ether oxygens (including phenoxy) is 1. The number of halogens is 1. The second kappa shape index (κ2) is 8.70. The number of rotatable bonds is 6. The summed E-state index contributed by atoms with van der Waals surface area (Å²) in [6.07, 6.45) is 0.223. The van der Waals surface area contributed by atoms with Gasteiger partial charge >= 0.3 is 0 Å². The van der Waals surface area contributed by atoms with Crippen molar-refractivity contribution in [1.82, 2.24) is 4.90 Å². The van der Waals surface area contributed by atoms with Crippen LogP contribution in [-0.4, -0.2) is 37.7 Å². The normalized spacial score (nSPS) is 10.8. The third-order valence-electron chi connectivity index (χ3n) is 2.75. The molecule has 0 radical (unpaired) electrons. The van der Waals surface area contributed by atoms with Crippen LogP contribution >= 0.6 is 0 Å². The Balaban J connectivity index is 2.55. The zero-order valence-electron chi connectivity index (χ0n) is 12.4. The van der Waals surface area contributed by atoms with E-state index in [2.05, 4.69) is 11.8 Å². The molecule has 0 bridgehead atoms. The minimum atomic E-state index is -0.231. The molecule has 0 unspecified atom stereocenters. The number of hydrogen-bond donors (Lipinski definition) is 1. The van der Waals surface area contributed by atoms with Crippen LogP contribution in [0, 0.1) is 17.7 Å². The maximum Gasteiger partial charge on any atom is 0.128 e. The van der Waals surface area contributed by atoms with Crippen LogP contribution in [0.1, 0.15) is 25.0 Å². The molecule has 1 rings (SSSR count). The molecule has 20 heavy (non-hydrogen) atoms. The van der Waals surface area contributed by atoms with E-state index in [1.165, 1.54) is 6.07 Å². The highest BCUT2D eigenvalue weighted by molar-refractivity contribution is 5.37. The molecule has 1 aromatic rings. The summed E-state index contributed by atoms with van der Waals surface area (Å²) >= 11 is 0. The molecule has 3 nitrogen and oxygen atoms in total. The van der Waals surface area contributed by atoms with Crippen LogP contribution in [0.25, 0.3) is 0 Å². The fraction of sp³-hybridized carbons (Fsp3) is 0.500. The summed E-state index contributed by atoms with van der Waals surface area (Å²) in [6, 6.07) is 5.05. The molecule has 0 aliphatic rings. The molecule has 2 N–H and O–H groups in total. The highest BCUT2D eigenvalue weighted by Gasteiger charge is 2.06. The molecule has 0 atom stereocenters. The number of nitrogens with two attached hydrogens (primary N) is 1. The minimum absolute atomic E-state index is 0.223. The molecule has 0 fully saturated rings. The second-order valence-electron chi connectivity index (χ2n) is 4.97. The third-order valence-corrected chi connectivity index (χ3v) is 2.75. The van der Waals surface area contributed by atoms with Gasteiger partial charge in [0.15, 0.2) is 0 Å². The quantitative estimate of drug-likeness (QED) is 0.809. The fourth-order valence-electron chi connectivity index (χ4n) is 1.72. The first-order valence-electron chi connectivity index (χ1n) is 6.80. The molecule has 0 amide bonds. The maximum absolute atomic E-state index is 13.9. The van der Waals surface area contributed by atoms with Crippen LogP contribution in [0.15, 0.2) is 18.2 Å². The predicted molar refractivity (Wildman–Crippen MR) is 79.8 cm³/mol. The third kappa shape index (κ3) is 6.16. The summed E-state index contributed by atoms with van der Waals surface area (Å²) in [4.78, 5) is 2.03. The smallest absolute Gasteiger partial charge is 0.128 e. The molecule has 0 aromatic heterocycles. The lowest BCUT2D eigenvalue weighted by Gasteiger charge is -2.18. The Labute approximate surface area is 120 Å². The first kappa shape index (κ1) is 16.6. The van der Waals surface area contributed by atoms with E-state index in [0.717, 1.165) is 6.54 Å². The first-order chi connectivity index (χ1) is 9.52. The topological polar surface area (TPSA) is 38.5 Å². The average Bonchev–Trinajstić information content (AvgIpc) is 2.38. The Morgan fingerprint density at radius 2 is 2.15 bits per heavy atom. The van der Waals surface area contributed by atoms with Crippen molar-refractivity contribution in [1.29, 1.82) is 0 Å². The molecule has 0 heterocycles. The van der Waals surface area contributed by atoms with Gasteiger partial charge in [-0.15, -0.1) is 0 Å². The van der Waals surface area contributed by atoms with Crippen molar-refractivity contribution >= 4 is 0 Å². The van der Waals surface area contributed by atoms with Crippen molar-refractivity contribution in [3.05, 3.63) is 35.1 Å². The molecule has 0 saturated heterocycles. The average molecular weight is 278 g/mol. The van der Waals surface area contributed by atoms with E-state index in [0.29, 0.717) is 24.3 Å². The standard InChI is InChI=1S/C16H23FN2O/c1-13(2)20-10-9-19(3)12-15-7-6-14(5-4-8-18)11-16(15)17/h6-7,11,13H,8-10,12,18H2,1-3H3. The van der Waals surface area contributed by atoms with E-state index >= 15 is 0 Å². The lowest BCUT2D eigenvalue weighted by molar-refractivity contribution is 0.0625. The van der Waals surface area contributed by atoms with Crippen molar-refractivity contribution < 1.29 is 9.13 Å². The van der Waals surface area contributed by atoms with Gasteiger partial charge in [-0.3, -0.25) is 4.90 Å². The molecule has 0 aliphatic carbocycles. The van der Waals surface area contributed by atoms with Gasteiger partial charge in [0.2, 0.25) is 0 Å². The van der Waals surface area contributed by atoms with Crippen LogP contribution in [-0.2, 0) is 11.3 Å². The molecule has 0 saturated carbocycles. The van der Waals surface area contributed by atoms with E-state index in [1.54, 1.807) is 6.07 Å². The molecular weight excluding hydrogens is 255 g/mol. The highest BCUT2D eigenvalue weighted by atomic mass is 19.1.